The minimum Gasteiger partial charge on any atom is -0.497 e. The SMILES string of the molecule is COc1ccc(CNC(=O)Cn2c(Cc3ccc(OC)cc3)nc3ccccc32)cc1. The van der Waals surface area contributed by atoms with E-state index in [1.807, 2.05) is 77.4 Å². The van der Waals surface area contributed by atoms with Crippen molar-refractivity contribution in [3.8, 4) is 11.5 Å². The van der Waals surface area contributed by atoms with Gasteiger partial charge in [-0.15, -0.1) is 0 Å². The highest BCUT2D eigenvalue weighted by Gasteiger charge is 2.14. The van der Waals surface area contributed by atoms with Crippen LogP contribution >= 0.6 is 0 Å². The molecule has 0 saturated heterocycles. The van der Waals surface area contributed by atoms with Gasteiger partial charge in [-0.05, 0) is 47.5 Å². The summed E-state index contributed by atoms with van der Waals surface area (Å²) in [5.41, 5.74) is 3.96. The Hall–Kier alpha value is -3.80. The molecule has 0 atom stereocenters. The van der Waals surface area contributed by atoms with Gasteiger partial charge in [0.25, 0.3) is 0 Å². The van der Waals surface area contributed by atoms with E-state index in [-0.39, 0.29) is 12.5 Å². The summed E-state index contributed by atoms with van der Waals surface area (Å²) in [6.07, 6.45) is 0.629. The number of para-hydroxylation sites is 2. The van der Waals surface area contributed by atoms with E-state index in [1.165, 1.54) is 0 Å². The number of aromatic nitrogens is 2. The van der Waals surface area contributed by atoms with Gasteiger partial charge in [0.1, 0.15) is 23.9 Å². The van der Waals surface area contributed by atoms with Crippen molar-refractivity contribution in [1.82, 2.24) is 14.9 Å². The smallest absolute Gasteiger partial charge is 0.240 e. The fourth-order valence-corrected chi connectivity index (χ4v) is 3.51. The fourth-order valence-electron chi connectivity index (χ4n) is 3.51. The summed E-state index contributed by atoms with van der Waals surface area (Å²) in [5, 5.41) is 3.00. The van der Waals surface area contributed by atoms with Gasteiger partial charge in [0.15, 0.2) is 0 Å². The maximum Gasteiger partial charge on any atom is 0.240 e. The van der Waals surface area contributed by atoms with Crippen LogP contribution in [-0.4, -0.2) is 29.7 Å². The Labute approximate surface area is 181 Å². The Bertz CT molecular complexity index is 1170. The summed E-state index contributed by atoms with van der Waals surface area (Å²) < 4.78 is 12.4. The Morgan fingerprint density at radius 1 is 0.871 bits per heavy atom. The minimum absolute atomic E-state index is 0.0602. The minimum atomic E-state index is -0.0602. The van der Waals surface area contributed by atoms with Gasteiger partial charge in [0.05, 0.1) is 25.3 Å². The molecule has 4 aromatic rings. The van der Waals surface area contributed by atoms with Crippen molar-refractivity contribution in [3.63, 3.8) is 0 Å². The molecule has 3 aromatic carbocycles. The molecule has 0 aliphatic carbocycles. The number of amides is 1. The molecule has 0 aliphatic heterocycles. The topological polar surface area (TPSA) is 65.4 Å². The van der Waals surface area contributed by atoms with Crippen LogP contribution in [0.15, 0.2) is 72.8 Å². The molecule has 0 saturated carbocycles. The Kier molecular flexibility index (Phi) is 6.17. The number of fused-ring (bicyclic) bond motifs is 1. The molecule has 0 unspecified atom stereocenters. The molecule has 0 fully saturated rings. The molecule has 1 amide bonds. The number of nitrogens with one attached hydrogen (secondary N) is 1. The molecule has 1 heterocycles. The Morgan fingerprint density at radius 2 is 1.48 bits per heavy atom. The second-order valence-electron chi connectivity index (χ2n) is 7.25. The van der Waals surface area contributed by atoms with E-state index in [0.29, 0.717) is 13.0 Å². The van der Waals surface area contributed by atoms with E-state index in [0.717, 1.165) is 39.5 Å². The lowest BCUT2D eigenvalue weighted by atomic mass is 10.1. The first-order valence-electron chi connectivity index (χ1n) is 10.1. The van der Waals surface area contributed by atoms with Crippen LogP contribution in [-0.2, 0) is 24.3 Å². The molecule has 0 aliphatic rings. The number of rotatable bonds is 8. The molecule has 0 spiro atoms. The van der Waals surface area contributed by atoms with Crippen molar-refractivity contribution < 1.29 is 14.3 Å². The van der Waals surface area contributed by atoms with Gasteiger partial charge in [-0.2, -0.15) is 0 Å². The first-order valence-corrected chi connectivity index (χ1v) is 10.1. The molecule has 4 rings (SSSR count). The van der Waals surface area contributed by atoms with E-state index in [1.54, 1.807) is 14.2 Å². The average molecular weight is 415 g/mol. The standard InChI is InChI=1S/C25H25N3O3/c1-30-20-11-7-18(8-12-20)15-24-27-22-5-3-4-6-23(22)28(24)17-25(29)26-16-19-9-13-21(31-2)14-10-19/h3-14H,15-17H2,1-2H3,(H,26,29). The summed E-state index contributed by atoms with van der Waals surface area (Å²) in [4.78, 5) is 17.5. The zero-order chi connectivity index (χ0) is 21.6. The van der Waals surface area contributed by atoms with Crippen molar-refractivity contribution >= 4 is 16.9 Å². The van der Waals surface area contributed by atoms with Crippen LogP contribution in [0, 0.1) is 0 Å². The molecule has 1 aromatic heterocycles. The van der Waals surface area contributed by atoms with Crippen molar-refractivity contribution in [2.75, 3.05) is 14.2 Å². The lowest BCUT2D eigenvalue weighted by Gasteiger charge is -2.11. The van der Waals surface area contributed by atoms with E-state index >= 15 is 0 Å². The van der Waals surface area contributed by atoms with Gasteiger partial charge >= 0.3 is 0 Å². The number of carbonyl (C=O) groups is 1. The van der Waals surface area contributed by atoms with Gasteiger partial charge in [-0.1, -0.05) is 36.4 Å². The predicted octanol–water partition coefficient (Wildman–Crippen LogP) is 3.96. The number of benzene rings is 3. The second kappa shape index (κ2) is 9.34. The third kappa shape index (κ3) is 4.86. The summed E-state index contributed by atoms with van der Waals surface area (Å²) in [6.45, 7) is 0.672. The van der Waals surface area contributed by atoms with Gasteiger partial charge < -0.3 is 19.4 Å². The lowest BCUT2D eigenvalue weighted by molar-refractivity contribution is -0.121. The molecule has 1 N–H and O–H groups in total. The average Bonchev–Trinajstić information content (AvgIpc) is 3.15. The monoisotopic (exact) mass is 415 g/mol. The molecule has 6 heteroatoms. The fraction of sp³-hybridized carbons (Fsp3) is 0.200. The van der Waals surface area contributed by atoms with Crippen LogP contribution < -0.4 is 14.8 Å². The molecule has 158 valence electrons. The lowest BCUT2D eigenvalue weighted by Crippen LogP contribution is -2.27. The number of nitrogens with zero attached hydrogens (tertiary/aromatic N) is 2. The number of methoxy groups -OCH3 is 2. The van der Waals surface area contributed by atoms with Crippen LogP contribution in [0.1, 0.15) is 17.0 Å². The van der Waals surface area contributed by atoms with Crippen LogP contribution in [0.5, 0.6) is 11.5 Å². The summed E-state index contributed by atoms with van der Waals surface area (Å²) >= 11 is 0. The molecule has 6 nitrogen and oxygen atoms in total. The molecular weight excluding hydrogens is 390 g/mol. The summed E-state index contributed by atoms with van der Waals surface area (Å²) in [7, 11) is 3.29. The third-order valence-electron chi connectivity index (χ3n) is 5.21. The van der Waals surface area contributed by atoms with Gasteiger partial charge in [0, 0.05) is 13.0 Å². The van der Waals surface area contributed by atoms with Crippen LogP contribution in [0.25, 0.3) is 11.0 Å². The van der Waals surface area contributed by atoms with Crippen molar-refractivity contribution in [3.05, 3.63) is 89.7 Å². The van der Waals surface area contributed by atoms with Gasteiger partial charge in [0.2, 0.25) is 5.91 Å². The molecule has 0 radical (unpaired) electrons. The summed E-state index contributed by atoms with van der Waals surface area (Å²) in [5.74, 6) is 2.40. The predicted molar refractivity (Wildman–Crippen MR) is 120 cm³/mol. The highest BCUT2D eigenvalue weighted by Crippen LogP contribution is 2.20. The quantitative estimate of drug-likeness (QED) is 0.473. The maximum absolute atomic E-state index is 12.7. The van der Waals surface area contributed by atoms with Gasteiger partial charge in [-0.3, -0.25) is 4.79 Å². The zero-order valence-corrected chi connectivity index (χ0v) is 17.7. The third-order valence-corrected chi connectivity index (χ3v) is 5.21. The number of ether oxygens (including phenoxy) is 2. The Balaban J connectivity index is 1.51. The molecular formula is C25H25N3O3. The number of hydrogen-bond acceptors (Lipinski definition) is 4. The largest absolute Gasteiger partial charge is 0.497 e. The van der Waals surface area contributed by atoms with Gasteiger partial charge in [-0.25, -0.2) is 4.98 Å². The van der Waals surface area contributed by atoms with Crippen LogP contribution in [0.2, 0.25) is 0 Å². The summed E-state index contributed by atoms with van der Waals surface area (Å²) in [6, 6.07) is 23.5. The first kappa shape index (κ1) is 20.5. The van der Waals surface area contributed by atoms with Crippen molar-refractivity contribution in [2.24, 2.45) is 0 Å². The van der Waals surface area contributed by atoms with Crippen LogP contribution in [0.4, 0.5) is 0 Å². The Morgan fingerprint density at radius 3 is 2.13 bits per heavy atom. The van der Waals surface area contributed by atoms with Crippen molar-refractivity contribution in [1.29, 1.82) is 0 Å². The van der Waals surface area contributed by atoms with Crippen molar-refractivity contribution in [2.45, 2.75) is 19.5 Å². The first-order chi connectivity index (χ1) is 15.2. The van der Waals surface area contributed by atoms with Crippen LogP contribution in [0.3, 0.4) is 0 Å². The molecule has 31 heavy (non-hydrogen) atoms. The van der Waals surface area contributed by atoms with E-state index in [4.69, 9.17) is 14.5 Å². The zero-order valence-electron chi connectivity index (χ0n) is 17.7. The molecule has 0 bridgehead atoms. The van der Waals surface area contributed by atoms with E-state index in [2.05, 4.69) is 5.32 Å². The number of imidazole rings is 1. The highest BCUT2D eigenvalue weighted by molar-refractivity contribution is 5.81. The van der Waals surface area contributed by atoms with E-state index < -0.39 is 0 Å². The second-order valence-corrected chi connectivity index (χ2v) is 7.25. The van der Waals surface area contributed by atoms with E-state index in [9.17, 15) is 4.79 Å². The number of carbonyl (C=O) groups excluding carboxylic acids is 1. The maximum atomic E-state index is 12.7. The highest BCUT2D eigenvalue weighted by atomic mass is 16.5. The number of hydrogen-bond donors (Lipinski definition) is 1. The normalized spacial score (nSPS) is 10.8.